The second kappa shape index (κ2) is 3.98. The molecule has 22 heavy (non-hydrogen) atoms. The van der Waals surface area contributed by atoms with E-state index < -0.39 is 0 Å². The van der Waals surface area contributed by atoms with Crippen molar-refractivity contribution >= 4 is 43.5 Å². The van der Waals surface area contributed by atoms with Crippen LogP contribution in [0.4, 0.5) is 0 Å². The van der Waals surface area contributed by atoms with Crippen molar-refractivity contribution in [3.05, 3.63) is 54.2 Å². The lowest BCUT2D eigenvalue weighted by Gasteiger charge is -2.08. The molecule has 0 aliphatic heterocycles. The number of aryl methyl sites for hydroxylation is 2. The summed E-state index contributed by atoms with van der Waals surface area (Å²) in [6, 6.07) is 15.4. The first-order valence-corrected chi connectivity index (χ1v) is 7.81. The van der Waals surface area contributed by atoms with Crippen molar-refractivity contribution in [1.82, 2.24) is 9.55 Å². The van der Waals surface area contributed by atoms with Gasteiger partial charge in [0.05, 0.1) is 11.0 Å². The van der Waals surface area contributed by atoms with Gasteiger partial charge in [-0.1, -0.05) is 18.2 Å². The molecule has 0 amide bonds. The van der Waals surface area contributed by atoms with Crippen molar-refractivity contribution in [1.29, 1.82) is 0 Å². The molecule has 0 saturated carbocycles. The van der Waals surface area contributed by atoms with E-state index in [2.05, 4.69) is 54.8 Å². The number of nitrogens with zero attached hydrogens (tertiary/aromatic N) is 2. The van der Waals surface area contributed by atoms with E-state index in [9.17, 15) is 0 Å². The third kappa shape index (κ3) is 1.28. The van der Waals surface area contributed by atoms with Gasteiger partial charge in [0.25, 0.3) is 0 Å². The standard InChI is InChI=1S/C20H16N2/c1-3-22-16-8-4-6-13-14-7-5-9-21-20(14)15-10-12(2)11-17(22)19(15)18(13)16/h4-11H,3H2,1-2H3. The number of hydrogen-bond donors (Lipinski definition) is 0. The molecular formula is C20H16N2. The molecule has 0 fully saturated rings. The predicted octanol–water partition coefficient (Wildman–Crippen LogP) is 5.26. The number of rotatable bonds is 1. The minimum atomic E-state index is 0.982. The summed E-state index contributed by atoms with van der Waals surface area (Å²) in [5.41, 5.74) is 5.07. The maximum atomic E-state index is 4.70. The maximum absolute atomic E-state index is 4.70. The van der Waals surface area contributed by atoms with E-state index in [1.165, 1.54) is 43.5 Å². The summed E-state index contributed by atoms with van der Waals surface area (Å²) in [5.74, 6) is 0. The zero-order valence-electron chi connectivity index (χ0n) is 12.7. The number of hydrogen-bond acceptors (Lipinski definition) is 1. The first-order valence-electron chi connectivity index (χ1n) is 7.81. The Morgan fingerprint density at radius 3 is 2.59 bits per heavy atom. The van der Waals surface area contributed by atoms with Gasteiger partial charge in [0, 0.05) is 39.8 Å². The molecule has 0 saturated heterocycles. The van der Waals surface area contributed by atoms with Crippen molar-refractivity contribution in [3.63, 3.8) is 0 Å². The zero-order valence-corrected chi connectivity index (χ0v) is 12.7. The second-order valence-electron chi connectivity index (χ2n) is 6.05. The molecule has 3 aromatic carbocycles. The molecule has 0 spiro atoms. The summed E-state index contributed by atoms with van der Waals surface area (Å²) in [4.78, 5) is 4.70. The van der Waals surface area contributed by atoms with Gasteiger partial charge >= 0.3 is 0 Å². The van der Waals surface area contributed by atoms with Gasteiger partial charge in [-0.25, -0.2) is 0 Å². The highest BCUT2D eigenvalue weighted by molar-refractivity contribution is 6.33. The van der Waals surface area contributed by atoms with E-state index in [1.807, 2.05) is 12.3 Å². The van der Waals surface area contributed by atoms with Crippen LogP contribution in [-0.2, 0) is 6.54 Å². The van der Waals surface area contributed by atoms with Gasteiger partial charge in [0.15, 0.2) is 0 Å². The zero-order chi connectivity index (χ0) is 14.8. The van der Waals surface area contributed by atoms with E-state index in [-0.39, 0.29) is 0 Å². The van der Waals surface area contributed by atoms with E-state index in [1.54, 1.807) is 0 Å². The highest BCUT2D eigenvalue weighted by Crippen LogP contribution is 2.42. The normalized spacial score (nSPS) is 12.3. The van der Waals surface area contributed by atoms with Gasteiger partial charge in [-0.2, -0.15) is 0 Å². The molecule has 0 N–H and O–H groups in total. The number of benzene rings is 3. The van der Waals surface area contributed by atoms with E-state index in [4.69, 9.17) is 4.98 Å². The summed E-state index contributed by atoms with van der Waals surface area (Å²) in [6.07, 6.45) is 1.90. The van der Waals surface area contributed by atoms with Crippen LogP contribution < -0.4 is 0 Å². The molecule has 2 nitrogen and oxygen atoms in total. The van der Waals surface area contributed by atoms with Gasteiger partial charge in [-0.15, -0.1) is 0 Å². The molecule has 0 atom stereocenters. The molecule has 0 aliphatic carbocycles. The van der Waals surface area contributed by atoms with E-state index in [0.717, 1.165) is 12.1 Å². The number of fused-ring (bicyclic) bond motifs is 3. The van der Waals surface area contributed by atoms with Crippen LogP contribution in [0.25, 0.3) is 43.5 Å². The molecule has 5 aromatic rings. The summed E-state index contributed by atoms with van der Waals surface area (Å²) in [7, 11) is 0. The monoisotopic (exact) mass is 284 g/mol. The Hall–Kier alpha value is -2.61. The molecule has 2 aromatic heterocycles. The fourth-order valence-corrected chi connectivity index (χ4v) is 3.99. The fraction of sp³-hybridized carbons (Fsp3) is 0.150. The topological polar surface area (TPSA) is 17.8 Å². The Labute approximate surface area is 128 Å². The molecule has 2 heterocycles. The van der Waals surface area contributed by atoms with E-state index >= 15 is 0 Å². The van der Waals surface area contributed by atoms with Gasteiger partial charge < -0.3 is 4.57 Å². The quantitative estimate of drug-likeness (QED) is 0.384. The van der Waals surface area contributed by atoms with Crippen LogP contribution in [0.15, 0.2) is 48.7 Å². The molecular weight excluding hydrogens is 268 g/mol. The smallest absolute Gasteiger partial charge is 0.0787 e. The number of aromatic nitrogens is 2. The van der Waals surface area contributed by atoms with Crippen LogP contribution in [0.2, 0.25) is 0 Å². The third-order valence-corrected chi connectivity index (χ3v) is 4.81. The molecule has 0 unspecified atom stereocenters. The highest BCUT2D eigenvalue weighted by atomic mass is 15.0. The van der Waals surface area contributed by atoms with Crippen molar-refractivity contribution in [2.75, 3.05) is 0 Å². The lowest BCUT2D eigenvalue weighted by molar-refractivity contribution is 0.827. The average Bonchev–Trinajstić information content (AvgIpc) is 2.87. The first-order chi connectivity index (χ1) is 10.8. The summed E-state index contributed by atoms with van der Waals surface area (Å²) >= 11 is 0. The largest absolute Gasteiger partial charge is 0.341 e. The molecule has 0 aliphatic rings. The Kier molecular flexibility index (Phi) is 2.17. The van der Waals surface area contributed by atoms with Crippen LogP contribution in [0.3, 0.4) is 0 Å². The summed E-state index contributed by atoms with van der Waals surface area (Å²) in [6.45, 7) is 5.37. The van der Waals surface area contributed by atoms with Gasteiger partial charge in [0.1, 0.15) is 0 Å². The minimum Gasteiger partial charge on any atom is -0.341 e. The Balaban J connectivity index is 2.29. The molecule has 106 valence electrons. The van der Waals surface area contributed by atoms with Gasteiger partial charge in [-0.3, -0.25) is 4.98 Å². The van der Waals surface area contributed by atoms with Crippen molar-refractivity contribution in [3.8, 4) is 0 Å². The predicted molar refractivity (Wildman–Crippen MR) is 93.8 cm³/mol. The summed E-state index contributed by atoms with van der Waals surface area (Å²) in [5, 5.41) is 6.59. The minimum absolute atomic E-state index is 0.982. The molecule has 5 rings (SSSR count). The van der Waals surface area contributed by atoms with Crippen LogP contribution in [0.1, 0.15) is 12.5 Å². The third-order valence-electron chi connectivity index (χ3n) is 4.81. The fourth-order valence-electron chi connectivity index (χ4n) is 3.99. The summed E-state index contributed by atoms with van der Waals surface area (Å²) < 4.78 is 2.43. The Morgan fingerprint density at radius 1 is 0.909 bits per heavy atom. The average molecular weight is 284 g/mol. The Bertz CT molecular complexity index is 1160. The van der Waals surface area contributed by atoms with Crippen LogP contribution >= 0.6 is 0 Å². The first kappa shape index (κ1) is 12.0. The van der Waals surface area contributed by atoms with Gasteiger partial charge in [-0.05, 0) is 49.1 Å². The van der Waals surface area contributed by atoms with Crippen molar-refractivity contribution in [2.24, 2.45) is 0 Å². The SMILES string of the molecule is CCn1c2cccc3c4cccnc4c4cc(C)cc1c4c32. The molecule has 0 bridgehead atoms. The lowest BCUT2D eigenvalue weighted by atomic mass is 9.96. The van der Waals surface area contributed by atoms with Crippen molar-refractivity contribution < 1.29 is 0 Å². The van der Waals surface area contributed by atoms with E-state index in [0.29, 0.717) is 0 Å². The van der Waals surface area contributed by atoms with Crippen molar-refractivity contribution in [2.45, 2.75) is 20.4 Å². The van der Waals surface area contributed by atoms with Crippen LogP contribution in [0, 0.1) is 6.92 Å². The van der Waals surface area contributed by atoms with Gasteiger partial charge in [0.2, 0.25) is 0 Å². The second-order valence-corrected chi connectivity index (χ2v) is 6.05. The molecule has 0 radical (unpaired) electrons. The maximum Gasteiger partial charge on any atom is 0.0787 e. The lowest BCUT2D eigenvalue weighted by Crippen LogP contribution is -1.92. The molecule has 2 heteroatoms. The highest BCUT2D eigenvalue weighted by Gasteiger charge is 2.18. The Morgan fingerprint density at radius 2 is 1.73 bits per heavy atom. The number of pyridine rings is 1. The van der Waals surface area contributed by atoms with Crippen LogP contribution in [0.5, 0.6) is 0 Å². The van der Waals surface area contributed by atoms with Crippen LogP contribution in [-0.4, -0.2) is 9.55 Å².